The number of carbonyl (C=O) groups excluding carboxylic acids is 1. The summed E-state index contributed by atoms with van der Waals surface area (Å²) in [6.45, 7) is 10.4. The maximum Gasteiger partial charge on any atom is 0.416 e. The first-order valence-electron chi connectivity index (χ1n) is 6.46. The molecule has 0 bridgehead atoms. The van der Waals surface area contributed by atoms with E-state index in [2.05, 4.69) is 20.9 Å². The van der Waals surface area contributed by atoms with Crippen LogP contribution < -0.4 is 4.90 Å². The van der Waals surface area contributed by atoms with Gasteiger partial charge in [-0.2, -0.15) is 0 Å². The molecule has 1 rings (SSSR count). The normalized spacial score (nSPS) is 13.1. The fourth-order valence-electron chi connectivity index (χ4n) is 1.48. The van der Waals surface area contributed by atoms with Gasteiger partial charge in [-0.15, -0.1) is 0 Å². The molecule has 0 saturated carbocycles. The number of halogens is 1. The van der Waals surface area contributed by atoms with Crippen LogP contribution in [-0.2, 0) is 9.47 Å². The van der Waals surface area contributed by atoms with Crippen LogP contribution in [-0.4, -0.2) is 35.9 Å². The van der Waals surface area contributed by atoms with Gasteiger partial charge in [-0.1, -0.05) is 11.3 Å². The maximum atomic E-state index is 12.4. The van der Waals surface area contributed by atoms with Crippen LogP contribution in [0.2, 0.25) is 0 Å². The minimum atomic E-state index is -0.546. The zero-order valence-electron chi connectivity index (χ0n) is 12.5. The summed E-state index contributed by atoms with van der Waals surface area (Å²) in [5, 5.41) is 0.596. The van der Waals surface area contributed by atoms with Crippen molar-refractivity contribution < 1.29 is 14.3 Å². The summed E-state index contributed by atoms with van der Waals surface area (Å²) in [4.78, 5) is 18.1. The Morgan fingerprint density at radius 2 is 2.20 bits per heavy atom. The Hall–Kier alpha value is -0.660. The molecule has 5 nitrogen and oxygen atoms in total. The Kier molecular flexibility index (Phi) is 6.42. The van der Waals surface area contributed by atoms with Crippen molar-refractivity contribution in [3.05, 3.63) is 9.98 Å². The fraction of sp³-hybridized carbons (Fsp3) is 0.692. The number of hydrogen-bond acceptors (Lipinski definition) is 5. The lowest BCUT2D eigenvalue weighted by molar-refractivity contribution is 0.0534. The second kappa shape index (κ2) is 7.38. The van der Waals surface area contributed by atoms with Crippen molar-refractivity contribution in [2.45, 2.75) is 46.3 Å². The number of ether oxygens (including phenoxy) is 2. The van der Waals surface area contributed by atoms with Crippen LogP contribution >= 0.6 is 27.3 Å². The zero-order chi connectivity index (χ0) is 15.3. The maximum absolute atomic E-state index is 12.4. The zero-order valence-corrected chi connectivity index (χ0v) is 14.9. The number of hydrogen-bond donors (Lipinski definition) is 0. The average Bonchev–Trinajstić information content (AvgIpc) is 2.70. The highest BCUT2D eigenvalue weighted by Gasteiger charge is 2.29. The third-order valence-electron chi connectivity index (χ3n) is 2.27. The predicted molar refractivity (Wildman–Crippen MR) is 84.5 cm³/mol. The van der Waals surface area contributed by atoms with E-state index in [9.17, 15) is 4.79 Å². The van der Waals surface area contributed by atoms with Gasteiger partial charge in [0.25, 0.3) is 0 Å². The molecule has 20 heavy (non-hydrogen) atoms. The Bertz CT molecular complexity index is 445. The van der Waals surface area contributed by atoms with E-state index in [1.54, 1.807) is 6.20 Å². The monoisotopic (exact) mass is 364 g/mol. The van der Waals surface area contributed by atoms with Gasteiger partial charge in [0, 0.05) is 6.61 Å². The largest absolute Gasteiger partial charge is 0.443 e. The number of carbonyl (C=O) groups is 1. The van der Waals surface area contributed by atoms with Gasteiger partial charge in [0.2, 0.25) is 0 Å². The van der Waals surface area contributed by atoms with Crippen molar-refractivity contribution in [2.24, 2.45) is 0 Å². The standard InChI is InChI=1S/C13H21BrN2O3S/c1-6-18-8-9(2)16(11-15-7-10(14)20-11)12(17)19-13(3,4)5/h7,9H,6,8H2,1-5H3. The van der Waals surface area contributed by atoms with Crippen molar-refractivity contribution in [3.63, 3.8) is 0 Å². The van der Waals surface area contributed by atoms with Gasteiger partial charge in [0.05, 0.1) is 22.6 Å². The van der Waals surface area contributed by atoms with E-state index in [0.717, 1.165) is 3.79 Å². The molecule has 1 heterocycles. The molecule has 0 spiro atoms. The topological polar surface area (TPSA) is 51.7 Å². The van der Waals surface area contributed by atoms with Crippen molar-refractivity contribution in [1.29, 1.82) is 0 Å². The number of aromatic nitrogens is 1. The highest BCUT2D eigenvalue weighted by molar-refractivity contribution is 9.11. The predicted octanol–water partition coefficient (Wildman–Crippen LogP) is 4.07. The van der Waals surface area contributed by atoms with E-state index in [1.165, 1.54) is 16.2 Å². The number of rotatable bonds is 5. The number of anilines is 1. The molecular weight excluding hydrogens is 344 g/mol. The third kappa shape index (κ3) is 5.38. The van der Waals surface area contributed by atoms with Gasteiger partial charge in [-0.05, 0) is 50.5 Å². The van der Waals surface area contributed by atoms with Gasteiger partial charge in [0.15, 0.2) is 5.13 Å². The van der Waals surface area contributed by atoms with Gasteiger partial charge in [-0.3, -0.25) is 0 Å². The Balaban J connectivity index is 2.92. The van der Waals surface area contributed by atoms with E-state index in [4.69, 9.17) is 9.47 Å². The smallest absolute Gasteiger partial charge is 0.416 e. The van der Waals surface area contributed by atoms with Gasteiger partial charge >= 0.3 is 6.09 Å². The Labute approximate surface area is 132 Å². The molecule has 0 N–H and O–H groups in total. The molecular formula is C13H21BrN2O3S. The van der Waals surface area contributed by atoms with Crippen LogP contribution in [0.15, 0.2) is 9.98 Å². The molecule has 0 aliphatic heterocycles. The molecule has 1 unspecified atom stereocenters. The SMILES string of the molecule is CCOCC(C)N(C(=O)OC(C)(C)C)c1ncc(Br)s1. The Morgan fingerprint density at radius 3 is 2.65 bits per heavy atom. The van der Waals surface area contributed by atoms with E-state index >= 15 is 0 Å². The minimum Gasteiger partial charge on any atom is -0.443 e. The van der Waals surface area contributed by atoms with Crippen LogP contribution in [0.1, 0.15) is 34.6 Å². The van der Waals surface area contributed by atoms with Crippen LogP contribution in [0.3, 0.4) is 0 Å². The molecule has 0 radical (unpaired) electrons. The second-order valence-electron chi connectivity index (χ2n) is 5.31. The van der Waals surface area contributed by atoms with Crippen LogP contribution in [0.5, 0.6) is 0 Å². The van der Waals surface area contributed by atoms with E-state index in [0.29, 0.717) is 18.3 Å². The fourth-order valence-corrected chi connectivity index (χ4v) is 2.75. The van der Waals surface area contributed by atoms with Gasteiger partial charge in [-0.25, -0.2) is 14.7 Å². The molecule has 114 valence electrons. The van der Waals surface area contributed by atoms with Crippen LogP contribution in [0.25, 0.3) is 0 Å². The minimum absolute atomic E-state index is 0.150. The molecule has 7 heteroatoms. The molecule has 1 aromatic heterocycles. The van der Waals surface area contributed by atoms with E-state index < -0.39 is 11.7 Å². The number of amides is 1. The molecule has 0 fully saturated rings. The molecule has 0 aromatic carbocycles. The second-order valence-corrected chi connectivity index (χ2v) is 7.69. The van der Waals surface area contributed by atoms with Crippen molar-refractivity contribution in [3.8, 4) is 0 Å². The summed E-state index contributed by atoms with van der Waals surface area (Å²) in [6, 6.07) is -0.150. The highest BCUT2D eigenvalue weighted by Crippen LogP contribution is 2.29. The quantitative estimate of drug-likeness (QED) is 0.789. The molecule has 0 aliphatic rings. The van der Waals surface area contributed by atoms with E-state index in [-0.39, 0.29) is 6.04 Å². The van der Waals surface area contributed by atoms with Crippen molar-refractivity contribution in [1.82, 2.24) is 4.98 Å². The third-order valence-corrected chi connectivity index (χ3v) is 3.74. The molecule has 1 aromatic rings. The average molecular weight is 365 g/mol. The van der Waals surface area contributed by atoms with Crippen LogP contribution in [0, 0.1) is 0 Å². The Morgan fingerprint density at radius 1 is 1.55 bits per heavy atom. The molecule has 1 amide bonds. The summed E-state index contributed by atoms with van der Waals surface area (Å²) in [7, 11) is 0. The summed E-state index contributed by atoms with van der Waals surface area (Å²) >= 11 is 4.75. The first-order chi connectivity index (χ1) is 9.24. The lowest BCUT2D eigenvalue weighted by atomic mass is 10.2. The van der Waals surface area contributed by atoms with Crippen molar-refractivity contribution >= 4 is 38.5 Å². The number of nitrogens with zero attached hydrogens (tertiary/aromatic N) is 2. The summed E-state index contributed by atoms with van der Waals surface area (Å²) < 4.78 is 11.7. The lowest BCUT2D eigenvalue weighted by Crippen LogP contribution is -2.44. The van der Waals surface area contributed by atoms with Gasteiger partial charge in [0.1, 0.15) is 5.60 Å². The summed E-state index contributed by atoms with van der Waals surface area (Å²) in [5.41, 5.74) is -0.546. The van der Waals surface area contributed by atoms with Gasteiger partial charge < -0.3 is 9.47 Å². The van der Waals surface area contributed by atoms with Crippen LogP contribution in [0.4, 0.5) is 9.93 Å². The molecule has 0 aliphatic carbocycles. The number of thiazole rings is 1. The molecule has 1 atom stereocenters. The summed E-state index contributed by atoms with van der Waals surface area (Å²) in [6.07, 6.45) is 1.26. The van der Waals surface area contributed by atoms with Crippen molar-refractivity contribution in [2.75, 3.05) is 18.1 Å². The first-order valence-corrected chi connectivity index (χ1v) is 8.07. The first kappa shape index (κ1) is 17.4. The lowest BCUT2D eigenvalue weighted by Gasteiger charge is -2.29. The molecule has 0 saturated heterocycles. The summed E-state index contributed by atoms with van der Waals surface area (Å²) in [5.74, 6) is 0. The highest BCUT2D eigenvalue weighted by atomic mass is 79.9. The van der Waals surface area contributed by atoms with E-state index in [1.807, 2.05) is 34.6 Å².